The van der Waals surface area contributed by atoms with Gasteiger partial charge >= 0.3 is 0 Å². The van der Waals surface area contributed by atoms with E-state index < -0.39 is 61.1 Å². The van der Waals surface area contributed by atoms with Crippen LogP contribution in [0.4, 0.5) is 0 Å². The van der Waals surface area contributed by atoms with Crippen LogP contribution < -0.4 is 0 Å². The fraction of sp³-hybridized carbons (Fsp3) is 0.958. The molecule has 12 heteroatoms. The second-order valence-corrected chi connectivity index (χ2v) is 22.3. The quantitative estimate of drug-likeness (QED) is 0.110. The molecule has 12 nitrogen and oxygen atoms in total. The molecule has 3 saturated heterocycles. The maximum absolute atomic E-state index is 11.2. The zero-order valence-corrected chi connectivity index (χ0v) is 38.1. The maximum atomic E-state index is 11.2. The molecule has 60 heavy (non-hydrogen) atoms. The molecule has 7 aliphatic rings. The van der Waals surface area contributed by atoms with Crippen LogP contribution in [0.25, 0.3) is 0 Å². The molecular weight excluding hydrogens is 769 g/mol. The molecule has 7 rings (SSSR count). The summed E-state index contributed by atoms with van der Waals surface area (Å²) in [6, 6.07) is 0. The Morgan fingerprint density at radius 2 is 1.32 bits per heavy atom. The monoisotopic (exact) mass is 851 g/mol. The Morgan fingerprint density at radius 1 is 0.717 bits per heavy atom. The lowest BCUT2D eigenvalue weighted by molar-refractivity contribution is -0.290. The summed E-state index contributed by atoms with van der Waals surface area (Å²) in [7, 11) is 0. The normalized spacial score (nSPS) is 46.8. The van der Waals surface area contributed by atoms with Crippen LogP contribution in [0.2, 0.25) is 0 Å². The Hall–Kier alpha value is -0.740. The van der Waals surface area contributed by atoms with Gasteiger partial charge in [-0.3, -0.25) is 0 Å². The van der Waals surface area contributed by atoms with E-state index in [1.54, 1.807) is 13.8 Å². The van der Waals surface area contributed by atoms with E-state index in [1.807, 2.05) is 0 Å². The van der Waals surface area contributed by atoms with Crippen molar-refractivity contribution in [2.24, 2.45) is 45.3 Å². The third kappa shape index (κ3) is 9.21. The molecule has 18 atom stereocenters. The third-order valence-corrected chi connectivity index (χ3v) is 17.8. The number of rotatable bonds is 14. The molecule has 4 aliphatic carbocycles. The molecule has 0 radical (unpaired) electrons. The highest BCUT2D eigenvalue weighted by Gasteiger charge is 2.67. The summed E-state index contributed by atoms with van der Waals surface area (Å²) in [5, 5.41) is 61.5. The van der Waals surface area contributed by atoms with Gasteiger partial charge < -0.3 is 59.1 Å². The molecule has 0 aromatic rings. The largest absolute Gasteiger partial charge is 0.394 e. The molecule has 6 fully saturated rings. The van der Waals surface area contributed by atoms with E-state index in [2.05, 4.69) is 47.6 Å². The highest BCUT2D eigenvalue weighted by Crippen LogP contribution is 2.75. The number of aliphatic hydroxyl groups is 6. The number of hydrogen-bond donors (Lipinski definition) is 6. The summed E-state index contributed by atoms with van der Waals surface area (Å²) in [5.41, 5.74) is 0.860. The van der Waals surface area contributed by atoms with Crippen molar-refractivity contribution < 1.29 is 59.1 Å². The van der Waals surface area contributed by atoms with Crippen molar-refractivity contribution in [2.75, 3.05) is 19.8 Å². The van der Waals surface area contributed by atoms with E-state index in [9.17, 15) is 30.6 Å². The molecule has 0 aromatic carbocycles. The van der Waals surface area contributed by atoms with Crippen LogP contribution in [0.1, 0.15) is 152 Å². The van der Waals surface area contributed by atoms with Crippen molar-refractivity contribution in [1.82, 2.24) is 0 Å². The molecule has 3 saturated carbocycles. The zero-order valence-electron chi connectivity index (χ0n) is 38.1. The summed E-state index contributed by atoms with van der Waals surface area (Å²) in [6.07, 6.45) is 9.61. The first-order valence-corrected chi connectivity index (χ1v) is 23.8. The van der Waals surface area contributed by atoms with Gasteiger partial charge in [0, 0.05) is 43.9 Å². The molecule has 346 valence electrons. The third-order valence-electron chi connectivity index (χ3n) is 17.8. The van der Waals surface area contributed by atoms with Crippen LogP contribution in [-0.4, -0.2) is 124 Å². The number of ether oxygens (including phenoxy) is 6. The lowest BCUT2D eigenvalue weighted by atomic mass is 9.39. The molecule has 6 N–H and O–H groups in total. The first kappa shape index (κ1) is 47.2. The minimum atomic E-state index is -1.08. The Labute approximate surface area is 360 Å². The lowest BCUT2D eigenvalue weighted by Gasteiger charge is -2.66. The number of aliphatic hydroxyl groups excluding tert-OH is 5. The van der Waals surface area contributed by atoms with E-state index in [0.717, 1.165) is 25.7 Å². The first-order chi connectivity index (χ1) is 28.2. The van der Waals surface area contributed by atoms with E-state index >= 15 is 0 Å². The van der Waals surface area contributed by atoms with Crippen molar-refractivity contribution in [3.63, 3.8) is 0 Å². The molecule has 0 amide bonds. The number of allylic oxidation sites excluding steroid dienone is 1. The Bertz CT molecular complexity index is 1470. The molecular formula is C48H82O12. The van der Waals surface area contributed by atoms with Gasteiger partial charge in [-0.05, 0) is 112 Å². The smallest absolute Gasteiger partial charge is 0.161 e. The van der Waals surface area contributed by atoms with E-state index in [-0.39, 0.29) is 53.7 Å². The van der Waals surface area contributed by atoms with Crippen LogP contribution in [0, 0.1) is 45.3 Å². The van der Waals surface area contributed by atoms with Gasteiger partial charge in [0.05, 0.1) is 74.3 Å². The standard InChI is InChI=1S/C48H82O12/c1-28(9-13-40(45(4,5)54)60-42-22-30(53)20-33(26-50)57-42)35-15-16-48(8)38-12-10-36-37(46(38,6)17-18-47(35,48)7)11-14-39(44(36,2)3)59-43-24-31(23-34(27-51)58-43)55-41-21-29(52)19-32(25-49)56-41/h10,28-35,37-43,49-54H,9,11-27H2,1-8H3/t28-,29+,30+,31+,32+,33+,34+,35?,37?,38?,39+,40-,41-,42+,43+,46+,47-,48+/m1/s1. The van der Waals surface area contributed by atoms with Gasteiger partial charge in [-0.2, -0.15) is 0 Å². The summed E-state index contributed by atoms with van der Waals surface area (Å²) >= 11 is 0. The zero-order chi connectivity index (χ0) is 43.4. The van der Waals surface area contributed by atoms with Gasteiger partial charge in [0.2, 0.25) is 0 Å². The fourth-order valence-electron chi connectivity index (χ4n) is 14.2. The van der Waals surface area contributed by atoms with Crippen LogP contribution in [0.3, 0.4) is 0 Å². The van der Waals surface area contributed by atoms with Crippen LogP contribution >= 0.6 is 0 Å². The van der Waals surface area contributed by atoms with Crippen molar-refractivity contribution in [1.29, 1.82) is 0 Å². The van der Waals surface area contributed by atoms with Crippen LogP contribution in [0.15, 0.2) is 11.6 Å². The van der Waals surface area contributed by atoms with E-state index in [4.69, 9.17) is 28.4 Å². The van der Waals surface area contributed by atoms with Gasteiger partial charge in [-0.25, -0.2) is 0 Å². The lowest BCUT2D eigenvalue weighted by Crippen LogP contribution is -2.59. The predicted octanol–water partition coefficient (Wildman–Crippen LogP) is 6.15. The van der Waals surface area contributed by atoms with Crippen molar-refractivity contribution in [3.8, 4) is 0 Å². The average Bonchev–Trinajstić information content (AvgIpc) is 3.46. The maximum Gasteiger partial charge on any atom is 0.161 e. The molecule has 0 bridgehead atoms. The Morgan fingerprint density at radius 3 is 1.95 bits per heavy atom. The second-order valence-electron chi connectivity index (χ2n) is 22.3. The van der Waals surface area contributed by atoms with Gasteiger partial charge in [0.15, 0.2) is 18.9 Å². The summed E-state index contributed by atoms with van der Waals surface area (Å²) in [4.78, 5) is 0. The summed E-state index contributed by atoms with van der Waals surface area (Å²) in [5.74, 6) is 2.10. The highest BCUT2D eigenvalue weighted by atomic mass is 16.7. The van der Waals surface area contributed by atoms with Gasteiger partial charge in [-0.1, -0.05) is 53.2 Å². The average molecular weight is 851 g/mol. The predicted molar refractivity (Wildman–Crippen MR) is 225 cm³/mol. The first-order valence-electron chi connectivity index (χ1n) is 23.8. The second kappa shape index (κ2) is 18.3. The minimum Gasteiger partial charge on any atom is -0.394 e. The van der Waals surface area contributed by atoms with E-state index in [1.165, 1.54) is 31.3 Å². The van der Waals surface area contributed by atoms with Gasteiger partial charge in [0.1, 0.15) is 0 Å². The fourth-order valence-corrected chi connectivity index (χ4v) is 14.2. The summed E-state index contributed by atoms with van der Waals surface area (Å²) < 4.78 is 37.8. The van der Waals surface area contributed by atoms with Crippen molar-refractivity contribution in [2.45, 2.75) is 225 Å². The van der Waals surface area contributed by atoms with Crippen LogP contribution in [-0.2, 0) is 28.4 Å². The molecule has 3 aliphatic heterocycles. The number of hydrogen-bond acceptors (Lipinski definition) is 12. The molecule has 0 aromatic heterocycles. The highest BCUT2D eigenvalue weighted by molar-refractivity contribution is 5.30. The topological polar surface area (TPSA) is 177 Å². The molecule has 3 unspecified atom stereocenters. The molecule has 3 heterocycles. The SMILES string of the molecule is C[C@H](CC[C@@H](O[C@H]1C[C@@H](O)C[C@@H](CO)O1)C(C)(C)O)C1CC[C@@]2(C)C3CC=C4C(CC[C@H](O[C@H]5C[C@@H](O[C@H]6C[C@@H](O)C[C@@H](CO)O6)C[C@@H](CO)O5)C4(C)C)[C@]3(C)CC[C@]12C. The molecule has 0 spiro atoms. The van der Waals surface area contributed by atoms with Crippen LogP contribution in [0.5, 0.6) is 0 Å². The van der Waals surface area contributed by atoms with Gasteiger partial charge in [-0.15, -0.1) is 0 Å². The van der Waals surface area contributed by atoms with E-state index in [0.29, 0.717) is 68.6 Å². The van der Waals surface area contributed by atoms with Crippen molar-refractivity contribution in [3.05, 3.63) is 11.6 Å². The Kier molecular flexibility index (Phi) is 14.4. The van der Waals surface area contributed by atoms with Gasteiger partial charge in [0.25, 0.3) is 0 Å². The Balaban J connectivity index is 1.00. The summed E-state index contributed by atoms with van der Waals surface area (Å²) in [6.45, 7) is 18.1. The van der Waals surface area contributed by atoms with Crippen molar-refractivity contribution >= 4 is 0 Å². The number of fused-ring (bicyclic) bond motifs is 5. The minimum absolute atomic E-state index is 0.0431.